The number of nitrogens with zero attached hydrogens (tertiary/aromatic N) is 5. The zero-order valence-corrected chi connectivity index (χ0v) is 24.0. The molecule has 2 aromatic rings. The van der Waals surface area contributed by atoms with Gasteiger partial charge in [-0.3, -0.25) is 4.79 Å². The van der Waals surface area contributed by atoms with Crippen LogP contribution in [-0.2, 0) is 4.74 Å². The van der Waals surface area contributed by atoms with Gasteiger partial charge in [0, 0.05) is 69.7 Å². The molecule has 0 atom stereocenters. The zero-order chi connectivity index (χ0) is 28.6. The topological polar surface area (TPSA) is 116 Å². The Bertz CT molecular complexity index is 1240. The number of hydrogen-bond donors (Lipinski definition) is 2. The molecule has 10 heteroatoms. The van der Waals surface area contributed by atoms with Crippen molar-refractivity contribution in [2.75, 3.05) is 45.2 Å². The summed E-state index contributed by atoms with van der Waals surface area (Å²) in [6.45, 7) is 9.65. The van der Waals surface area contributed by atoms with Crippen LogP contribution in [0.5, 0.6) is 0 Å². The molecule has 1 aromatic heterocycles. The lowest BCUT2D eigenvalue weighted by atomic mass is 10.0. The number of aliphatic imine (C=N–C) groups is 1. The van der Waals surface area contributed by atoms with Crippen LogP contribution in [0.2, 0.25) is 0 Å². The Morgan fingerprint density at radius 1 is 1.20 bits per heavy atom. The summed E-state index contributed by atoms with van der Waals surface area (Å²) in [5.74, 6) is 0.717. The van der Waals surface area contributed by atoms with Gasteiger partial charge < -0.3 is 30.5 Å². The van der Waals surface area contributed by atoms with E-state index < -0.39 is 0 Å². The van der Waals surface area contributed by atoms with Crippen molar-refractivity contribution in [3.05, 3.63) is 59.8 Å². The fraction of sp³-hybridized carbons (Fsp3) is 0.467. The van der Waals surface area contributed by atoms with Crippen LogP contribution < -0.4 is 11.1 Å². The van der Waals surface area contributed by atoms with Crippen molar-refractivity contribution in [2.24, 2.45) is 10.7 Å². The van der Waals surface area contributed by atoms with Gasteiger partial charge in [-0.05, 0) is 82.0 Å². The summed E-state index contributed by atoms with van der Waals surface area (Å²) in [7, 11) is 1.90. The summed E-state index contributed by atoms with van der Waals surface area (Å²) in [4.78, 5) is 40.1. The minimum Gasteiger partial charge on any atom is -0.450 e. The van der Waals surface area contributed by atoms with Crippen LogP contribution in [0.3, 0.4) is 0 Å². The van der Waals surface area contributed by atoms with Gasteiger partial charge in [0.1, 0.15) is 0 Å². The second-order valence-corrected chi connectivity index (χ2v) is 10.5. The monoisotopic (exact) mass is 549 g/mol. The van der Waals surface area contributed by atoms with Crippen LogP contribution in [0.4, 0.5) is 16.3 Å². The smallest absolute Gasteiger partial charge is 0.410 e. The number of amides is 2. The van der Waals surface area contributed by atoms with Crippen molar-refractivity contribution >= 4 is 35.0 Å². The Hall–Kier alpha value is -3.92. The maximum atomic E-state index is 13.1. The lowest BCUT2D eigenvalue weighted by Crippen LogP contribution is -2.47. The lowest BCUT2D eigenvalue weighted by molar-refractivity contribution is 0.0615. The van der Waals surface area contributed by atoms with Crippen LogP contribution in [0.15, 0.2) is 53.7 Å². The van der Waals surface area contributed by atoms with Gasteiger partial charge in [0.05, 0.1) is 6.61 Å². The van der Waals surface area contributed by atoms with Crippen molar-refractivity contribution in [1.82, 2.24) is 19.7 Å². The molecule has 1 aromatic carbocycles. The van der Waals surface area contributed by atoms with Crippen molar-refractivity contribution < 1.29 is 15.8 Å². The molecule has 10 nitrogen and oxygen atoms in total. The van der Waals surface area contributed by atoms with Gasteiger partial charge in [0.2, 0.25) is 0 Å². The van der Waals surface area contributed by atoms with E-state index in [0.29, 0.717) is 43.5 Å². The van der Waals surface area contributed by atoms with Crippen molar-refractivity contribution in [1.29, 1.82) is 0 Å². The maximum absolute atomic E-state index is 13.1. The number of pyridine rings is 1. The maximum Gasteiger partial charge on any atom is 0.410 e. The molecule has 2 aliphatic heterocycles. The minimum absolute atomic E-state index is 0. The molecule has 2 aliphatic rings. The molecule has 1 saturated heterocycles. The average Bonchev–Trinajstić information content (AvgIpc) is 2.97. The number of ether oxygens (including phenoxy) is 1. The Morgan fingerprint density at radius 2 is 1.93 bits per heavy atom. The fourth-order valence-corrected chi connectivity index (χ4v) is 5.18. The molecule has 2 amide bonds. The van der Waals surface area contributed by atoms with Crippen molar-refractivity contribution in [2.45, 2.75) is 52.1 Å². The SMILES string of the molecule is CCOC(=O)N1CC=C(c2cccnc2/N=C(\N)Nc2ccc(C(=O)N(C)C3CCN(C(C)C)CC3)cc2)CC1.[HH]. The number of aromatic nitrogens is 1. The van der Waals surface area contributed by atoms with E-state index in [9.17, 15) is 9.59 Å². The molecule has 0 unspecified atom stereocenters. The largest absolute Gasteiger partial charge is 0.450 e. The summed E-state index contributed by atoms with van der Waals surface area (Å²) in [6, 6.07) is 11.9. The first kappa shape index (κ1) is 29.1. The number of carbonyl (C=O) groups is 2. The predicted octanol–water partition coefficient (Wildman–Crippen LogP) is 4.58. The fourth-order valence-electron chi connectivity index (χ4n) is 5.18. The molecule has 3 heterocycles. The standard InChI is InChI=1S/C30H41N7O3.H2/c1-5-40-30(39)37-17-12-22(13-18-37)26-7-6-16-32-27(26)34-29(31)33-24-10-8-23(9-11-24)28(38)35(4)25-14-19-36(20-15-25)21(2)3;/h6-12,16,21,25H,5,13-15,17-20H2,1-4H3,(H3,31,32,33,34);1H. The number of hydrogen-bond acceptors (Lipinski definition) is 6. The lowest BCUT2D eigenvalue weighted by Gasteiger charge is -2.38. The Morgan fingerprint density at radius 3 is 2.55 bits per heavy atom. The summed E-state index contributed by atoms with van der Waals surface area (Å²) in [5.41, 5.74) is 9.54. The number of piperidine rings is 1. The Kier molecular flexibility index (Phi) is 9.76. The Balaban J connectivity index is 0.00000462. The van der Waals surface area contributed by atoms with E-state index in [1.54, 1.807) is 18.0 Å². The van der Waals surface area contributed by atoms with Crippen LogP contribution in [-0.4, -0.2) is 89.6 Å². The number of benzene rings is 1. The summed E-state index contributed by atoms with van der Waals surface area (Å²) in [5, 5.41) is 3.10. The van der Waals surface area contributed by atoms with Crippen LogP contribution in [0.25, 0.3) is 5.57 Å². The van der Waals surface area contributed by atoms with Gasteiger partial charge in [0.25, 0.3) is 5.91 Å². The molecule has 0 saturated carbocycles. The number of carbonyl (C=O) groups excluding carboxylic acids is 2. The molecule has 0 bridgehead atoms. The quantitative estimate of drug-likeness (QED) is 0.384. The molecule has 1 fully saturated rings. The van der Waals surface area contributed by atoms with E-state index in [-0.39, 0.29) is 25.4 Å². The second-order valence-electron chi connectivity index (χ2n) is 10.5. The molecule has 40 heavy (non-hydrogen) atoms. The average molecular weight is 550 g/mol. The predicted molar refractivity (Wildman–Crippen MR) is 161 cm³/mol. The highest BCUT2D eigenvalue weighted by Gasteiger charge is 2.27. The van der Waals surface area contributed by atoms with Gasteiger partial charge in [0.15, 0.2) is 11.8 Å². The third-order valence-electron chi connectivity index (χ3n) is 7.60. The molecule has 0 aliphatic carbocycles. The number of rotatable bonds is 7. The third-order valence-corrected chi connectivity index (χ3v) is 7.60. The Labute approximate surface area is 238 Å². The first-order chi connectivity index (χ1) is 19.3. The van der Waals surface area contributed by atoms with Crippen molar-refractivity contribution in [3.63, 3.8) is 0 Å². The normalized spacial score (nSPS) is 17.0. The van der Waals surface area contributed by atoms with Gasteiger partial charge >= 0.3 is 6.09 Å². The second kappa shape index (κ2) is 13.4. The van der Waals surface area contributed by atoms with Crippen LogP contribution in [0, 0.1) is 0 Å². The summed E-state index contributed by atoms with van der Waals surface area (Å²) >= 11 is 0. The number of guanidine groups is 1. The van der Waals surface area contributed by atoms with Crippen LogP contribution >= 0.6 is 0 Å². The van der Waals surface area contributed by atoms with Gasteiger partial charge in [-0.2, -0.15) is 4.99 Å². The molecular weight excluding hydrogens is 506 g/mol. The summed E-state index contributed by atoms with van der Waals surface area (Å²) in [6.07, 6.45) is 6.02. The van der Waals surface area contributed by atoms with E-state index in [2.05, 4.69) is 34.0 Å². The molecule has 4 rings (SSSR count). The summed E-state index contributed by atoms with van der Waals surface area (Å²) < 4.78 is 5.10. The highest BCUT2D eigenvalue weighted by molar-refractivity contribution is 5.97. The van der Waals surface area contributed by atoms with Crippen LogP contribution in [0.1, 0.15) is 57.4 Å². The van der Waals surface area contributed by atoms with E-state index >= 15 is 0 Å². The van der Waals surface area contributed by atoms with Gasteiger partial charge in [-0.15, -0.1) is 0 Å². The zero-order valence-electron chi connectivity index (χ0n) is 24.0. The molecular formula is C30H43N7O3. The van der Waals surface area contributed by atoms with Gasteiger partial charge in [-0.1, -0.05) is 6.08 Å². The van der Waals surface area contributed by atoms with Gasteiger partial charge in [-0.25, -0.2) is 9.78 Å². The van der Waals surface area contributed by atoms with E-state index in [1.807, 2.05) is 54.4 Å². The first-order valence-electron chi connectivity index (χ1n) is 14.0. The van der Waals surface area contributed by atoms with E-state index in [0.717, 1.165) is 42.8 Å². The third kappa shape index (κ3) is 7.18. The molecule has 3 N–H and O–H groups in total. The molecule has 216 valence electrons. The number of likely N-dealkylation sites (tertiary alicyclic amines) is 1. The van der Waals surface area contributed by atoms with E-state index in [4.69, 9.17) is 10.5 Å². The molecule has 0 spiro atoms. The number of anilines is 1. The van der Waals surface area contributed by atoms with Crippen molar-refractivity contribution in [3.8, 4) is 0 Å². The highest BCUT2D eigenvalue weighted by Crippen LogP contribution is 2.29. The highest BCUT2D eigenvalue weighted by atomic mass is 16.6. The number of nitrogens with two attached hydrogens (primary N) is 1. The first-order valence-corrected chi connectivity index (χ1v) is 14.0. The van der Waals surface area contributed by atoms with E-state index in [1.165, 1.54) is 0 Å². The molecule has 0 radical (unpaired) electrons. The number of nitrogens with one attached hydrogen (secondary N) is 1. The minimum atomic E-state index is -0.304.